The Kier molecular flexibility index (Phi) is 3.96. The summed E-state index contributed by atoms with van der Waals surface area (Å²) in [5.74, 6) is 1.39. The van der Waals surface area contributed by atoms with Crippen LogP contribution in [0.2, 0.25) is 0 Å². The van der Waals surface area contributed by atoms with E-state index < -0.39 is 0 Å². The van der Waals surface area contributed by atoms with Gasteiger partial charge in [0, 0.05) is 5.92 Å². The fourth-order valence-corrected chi connectivity index (χ4v) is 1.18. The maximum atomic E-state index is 5.69. The lowest BCUT2D eigenvalue weighted by Crippen LogP contribution is -2.18. The molecule has 0 saturated carbocycles. The van der Waals surface area contributed by atoms with Gasteiger partial charge in [-0.25, -0.2) is 0 Å². The van der Waals surface area contributed by atoms with E-state index in [1.54, 1.807) is 0 Å². The molecule has 2 N–H and O–H groups in total. The maximum Gasteiger partial charge on any atom is 0.122 e. The third-order valence-corrected chi connectivity index (χ3v) is 2.48. The Morgan fingerprint density at radius 2 is 2.07 bits per heavy atom. The summed E-state index contributed by atoms with van der Waals surface area (Å²) in [4.78, 5) is 0. The first-order valence-corrected chi connectivity index (χ1v) is 5.04. The molecule has 0 heterocycles. The molecule has 0 saturated heterocycles. The zero-order chi connectivity index (χ0) is 10.6. The Morgan fingerprint density at radius 3 is 2.71 bits per heavy atom. The van der Waals surface area contributed by atoms with Gasteiger partial charge >= 0.3 is 0 Å². The van der Waals surface area contributed by atoms with Crippen LogP contribution in [0.5, 0.6) is 5.75 Å². The monoisotopic (exact) mass is 193 g/mol. The second kappa shape index (κ2) is 5.01. The minimum absolute atomic E-state index is 0.412. The highest BCUT2D eigenvalue weighted by molar-refractivity contribution is 5.38. The van der Waals surface area contributed by atoms with Gasteiger partial charge in [0.2, 0.25) is 0 Å². The summed E-state index contributed by atoms with van der Waals surface area (Å²) in [5, 5.41) is 0. The molecule has 0 fully saturated rings. The number of hydrogen-bond acceptors (Lipinski definition) is 2. The van der Waals surface area contributed by atoms with Crippen molar-refractivity contribution in [1.82, 2.24) is 0 Å². The lowest BCUT2D eigenvalue weighted by Gasteiger charge is -2.13. The number of rotatable bonds is 4. The Bertz CT molecular complexity index is 296. The van der Waals surface area contributed by atoms with Crippen LogP contribution in [0.15, 0.2) is 18.2 Å². The van der Waals surface area contributed by atoms with Crippen molar-refractivity contribution in [3.05, 3.63) is 29.3 Å². The van der Waals surface area contributed by atoms with Gasteiger partial charge in [-0.3, -0.25) is 0 Å². The fraction of sp³-hybridized carbons (Fsp3) is 0.500. The Morgan fingerprint density at radius 1 is 1.36 bits per heavy atom. The van der Waals surface area contributed by atoms with Gasteiger partial charge in [0.05, 0.1) is 6.61 Å². The van der Waals surface area contributed by atoms with Crippen molar-refractivity contribution < 1.29 is 4.74 Å². The topological polar surface area (TPSA) is 35.2 Å². The van der Waals surface area contributed by atoms with Crippen LogP contribution in [0, 0.1) is 19.8 Å². The van der Waals surface area contributed by atoms with E-state index in [0.717, 1.165) is 5.75 Å². The standard InChI is InChI=1S/C12H19NO/c1-9(7-13)8-14-12-6-4-5-10(2)11(12)3/h4-6,9H,7-8,13H2,1-3H3. The molecule has 0 radical (unpaired) electrons. The summed E-state index contributed by atoms with van der Waals surface area (Å²) in [6, 6.07) is 6.12. The van der Waals surface area contributed by atoms with Crippen molar-refractivity contribution in [3.63, 3.8) is 0 Å². The highest BCUT2D eigenvalue weighted by atomic mass is 16.5. The van der Waals surface area contributed by atoms with Crippen LogP contribution in [0.1, 0.15) is 18.1 Å². The molecule has 0 aliphatic heterocycles. The number of benzene rings is 1. The molecule has 0 aliphatic rings. The molecule has 1 aromatic rings. The van der Waals surface area contributed by atoms with Crippen molar-refractivity contribution in [3.8, 4) is 5.75 Å². The van der Waals surface area contributed by atoms with Crippen LogP contribution in [0.4, 0.5) is 0 Å². The van der Waals surface area contributed by atoms with Gasteiger partial charge in [-0.05, 0) is 37.6 Å². The van der Waals surface area contributed by atoms with E-state index in [2.05, 4.69) is 26.8 Å². The summed E-state index contributed by atoms with van der Waals surface area (Å²) in [5.41, 5.74) is 8.01. The third-order valence-electron chi connectivity index (χ3n) is 2.48. The summed E-state index contributed by atoms with van der Waals surface area (Å²) < 4.78 is 5.69. The quantitative estimate of drug-likeness (QED) is 0.796. The number of ether oxygens (including phenoxy) is 1. The second-order valence-corrected chi connectivity index (χ2v) is 3.85. The zero-order valence-electron chi connectivity index (χ0n) is 9.21. The molecule has 78 valence electrons. The van der Waals surface area contributed by atoms with Crippen LogP contribution in [-0.4, -0.2) is 13.2 Å². The molecule has 1 atom stereocenters. The predicted molar refractivity (Wildman–Crippen MR) is 59.6 cm³/mol. The molecule has 0 bridgehead atoms. The first kappa shape index (κ1) is 11.1. The SMILES string of the molecule is Cc1cccc(OCC(C)CN)c1C. The average Bonchev–Trinajstić information content (AvgIpc) is 2.20. The van der Waals surface area contributed by atoms with Gasteiger partial charge in [0.1, 0.15) is 5.75 Å². The molecule has 2 nitrogen and oxygen atoms in total. The molecule has 0 aromatic heterocycles. The molecule has 0 amide bonds. The van der Waals surface area contributed by atoms with E-state index in [4.69, 9.17) is 10.5 Å². The van der Waals surface area contributed by atoms with Gasteiger partial charge in [0.25, 0.3) is 0 Å². The second-order valence-electron chi connectivity index (χ2n) is 3.85. The molecule has 1 unspecified atom stereocenters. The molecular formula is C12H19NO. The molecule has 1 aromatic carbocycles. The normalized spacial score (nSPS) is 12.6. The lowest BCUT2D eigenvalue weighted by molar-refractivity contribution is 0.262. The lowest BCUT2D eigenvalue weighted by atomic mass is 10.1. The summed E-state index contributed by atoms with van der Waals surface area (Å²) in [6.07, 6.45) is 0. The van der Waals surface area contributed by atoms with Crippen molar-refractivity contribution in [1.29, 1.82) is 0 Å². The van der Waals surface area contributed by atoms with Crippen LogP contribution >= 0.6 is 0 Å². The van der Waals surface area contributed by atoms with Crippen LogP contribution in [0.3, 0.4) is 0 Å². The number of nitrogens with two attached hydrogens (primary N) is 1. The fourth-order valence-electron chi connectivity index (χ4n) is 1.18. The Balaban J connectivity index is 2.63. The zero-order valence-corrected chi connectivity index (χ0v) is 9.21. The summed E-state index contributed by atoms with van der Waals surface area (Å²) >= 11 is 0. The van der Waals surface area contributed by atoms with Gasteiger partial charge < -0.3 is 10.5 Å². The largest absolute Gasteiger partial charge is 0.493 e. The van der Waals surface area contributed by atoms with E-state index in [-0.39, 0.29) is 0 Å². The minimum atomic E-state index is 0.412. The third kappa shape index (κ3) is 2.74. The van der Waals surface area contributed by atoms with Crippen molar-refractivity contribution in [2.45, 2.75) is 20.8 Å². The van der Waals surface area contributed by atoms with Gasteiger partial charge in [0.15, 0.2) is 0 Å². The highest BCUT2D eigenvalue weighted by Crippen LogP contribution is 2.20. The highest BCUT2D eigenvalue weighted by Gasteiger charge is 2.04. The average molecular weight is 193 g/mol. The van der Waals surface area contributed by atoms with E-state index in [1.165, 1.54) is 11.1 Å². The van der Waals surface area contributed by atoms with E-state index in [1.807, 2.05) is 12.1 Å². The molecule has 1 rings (SSSR count). The first-order valence-electron chi connectivity index (χ1n) is 5.04. The van der Waals surface area contributed by atoms with Gasteiger partial charge in [-0.1, -0.05) is 19.1 Å². The van der Waals surface area contributed by atoms with Gasteiger partial charge in [-0.15, -0.1) is 0 Å². The molecule has 0 spiro atoms. The van der Waals surface area contributed by atoms with Crippen LogP contribution in [0.25, 0.3) is 0 Å². The van der Waals surface area contributed by atoms with E-state index >= 15 is 0 Å². The van der Waals surface area contributed by atoms with Crippen LogP contribution < -0.4 is 10.5 Å². The van der Waals surface area contributed by atoms with E-state index in [0.29, 0.717) is 19.1 Å². The molecule has 14 heavy (non-hydrogen) atoms. The number of aryl methyl sites for hydroxylation is 1. The molecular weight excluding hydrogens is 174 g/mol. The summed E-state index contributed by atoms with van der Waals surface area (Å²) in [7, 11) is 0. The van der Waals surface area contributed by atoms with E-state index in [9.17, 15) is 0 Å². The Hall–Kier alpha value is -1.02. The predicted octanol–water partition coefficient (Wildman–Crippen LogP) is 2.28. The van der Waals surface area contributed by atoms with Crippen molar-refractivity contribution in [2.24, 2.45) is 11.7 Å². The number of hydrogen-bond donors (Lipinski definition) is 1. The molecule has 0 aliphatic carbocycles. The summed E-state index contributed by atoms with van der Waals surface area (Å²) in [6.45, 7) is 7.63. The van der Waals surface area contributed by atoms with Crippen molar-refractivity contribution >= 4 is 0 Å². The van der Waals surface area contributed by atoms with Gasteiger partial charge in [-0.2, -0.15) is 0 Å². The van der Waals surface area contributed by atoms with Crippen molar-refractivity contribution in [2.75, 3.05) is 13.2 Å². The smallest absolute Gasteiger partial charge is 0.122 e. The molecule has 2 heteroatoms. The van der Waals surface area contributed by atoms with Crippen LogP contribution in [-0.2, 0) is 0 Å². The first-order chi connectivity index (χ1) is 6.65. The Labute approximate surface area is 86.1 Å². The maximum absolute atomic E-state index is 5.69. The minimum Gasteiger partial charge on any atom is -0.493 e.